The Morgan fingerprint density at radius 2 is 1.90 bits per heavy atom. The predicted octanol–water partition coefficient (Wildman–Crippen LogP) is 2.76. The summed E-state index contributed by atoms with van der Waals surface area (Å²) in [6.45, 7) is 2.01. The van der Waals surface area contributed by atoms with Gasteiger partial charge >= 0.3 is 6.18 Å². The van der Waals surface area contributed by atoms with Crippen LogP contribution in [0.15, 0.2) is 28.8 Å². The molecule has 1 unspecified atom stereocenters. The first kappa shape index (κ1) is 14.5. The molecule has 1 aromatic heterocycles. The number of nitrogens with zero attached hydrogens (tertiary/aromatic N) is 2. The molecule has 108 valence electrons. The van der Waals surface area contributed by atoms with Crippen molar-refractivity contribution >= 4 is 0 Å². The maximum Gasteiger partial charge on any atom is 0.414 e. The standard InChI is InChI=1S/C13H13F3N2O2/c1-2-8-3-5-9(6-4-8)12-17-11(20-18-12)7-10(19)13(14,15)16/h3-6,10,19H,2,7H2,1H3. The van der Waals surface area contributed by atoms with Crippen LogP contribution in [-0.2, 0) is 12.8 Å². The molecule has 0 saturated carbocycles. The highest BCUT2D eigenvalue weighted by molar-refractivity contribution is 5.54. The van der Waals surface area contributed by atoms with Gasteiger partial charge in [-0.05, 0) is 12.0 Å². The molecule has 0 aliphatic heterocycles. The maximum atomic E-state index is 12.2. The quantitative estimate of drug-likeness (QED) is 0.939. The first-order chi connectivity index (χ1) is 9.40. The summed E-state index contributed by atoms with van der Waals surface area (Å²) in [4.78, 5) is 3.85. The molecule has 1 aromatic carbocycles. The molecule has 2 rings (SSSR count). The Balaban J connectivity index is 2.12. The van der Waals surface area contributed by atoms with Gasteiger partial charge in [0.05, 0.1) is 6.42 Å². The van der Waals surface area contributed by atoms with Crippen molar-refractivity contribution in [1.29, 1.82) is 0 Å². The van der Waals surface area contributed by atoms with Gasteiger partial charge in [-0.25, -0.2) is 0 Å². The topological polar surface area (TPSA) is 59.2 Å². The lowest BCUT2D eigenvalue weighted by atomic mass is 10.1. The summed E-state index contributed by atoms with van der Waals surface area (Å²) in [7, 11) is 0. The van der Waals surface area contributed by atoms with Crippen LogP contribution < -0.4 is 0 Å². The molecule has 0 aliphatic rings. The van der Waals surface area contributed by atoms with E-state index < -0.39 is 18.7 Å². The second-order valence-corrected chi connectivity index (χ2v) is 4.32. The number of benzene rings is 1. The Morgan fingerprint density at radius 3 is 2.45 bits per heavy atom. The second kappa shape index (κ2) is 5.62. The minimum Gasteiger partial charge on any atom is -0.383 e. The molecule has 1 atom stereocenters. The average Bonchev–Trinajstić information content (AvgIpc) is 2.86. The molecule has 0 radical (unpaired) electrons. The van der Waals surface area contributed by atoms with Crippen molar-refractivity contribution in [2.45, 2.75) is 32.0 Å². The number of hydrogen-bond donors (Lipinski definition) is 1. The number of aliphatic hydroxyl groups excluding tert-OH is 1. The molecule has 0 spiro atoms. The minimum absolute atomic E-state index is 0.206. The summed E-state index contributed by atoms with van der Waals surface area (Å²) in [5, 5.41) is 12.5. The summed E-state index contributed by atoms with van der Waals surface area (Å²) in [6, 6.07) is 7.31. The van der Waals surface area contributed by atoms with E-state index in [2.05, 4.69) is 10.1 Å². The summed E-state index contributed by atoms with van der Waals surface area (Å²) in [5.74, 6) is -0.0404. The third-order valence-electron chi connectivity index (χ3n) is 2.83. The van der Waals surface area contributed by atoms with E-state index >= 15 is 0 Å². The van der Waals surface area contributed by atoms with Gasteiger partial charge < -0.3 is 9.63 Å². The molecule has 0 aliphatic carbocycles. The van der Waals surface area contributed by atoms with Crippen molar-refractivity contribution in [1.82, 2.24) is 10.1 Å². The highest BCUT2D eigenvalue weighted by atomic mass is 19.4. The number of alkyl halides is 3. The van der Waals surface area contributed by atoms with Crippen molar-refractivity contribution in [3.05, 3.63) is 35.7 Å². The fraction of sp³-hybridized carbons (Fsp3) is 0.385. The van der Waals surface area contributed by atoms with Crippen LogP contribution in [0.25, 0.3) is 11.4 Å². The van der Waals surface area contributed by atoms with Gasteiger partial charge in [0.1, 0.15) is 0 Å². The Labute approximate surface area is 113 Å². The lowest BCUT2D eigenvalue weighted by molar-refractivity contribution is -0.204. The molecule has 0 fully saturated rings. The average molecular weight is 286 g/mol. The lowest BCUT2D eigenvalue weighted by Crippen LogP contribution is -2.30. The molecular weight excluding hydrogens is 273 g/mol. The largest absolute Gasteiger partial charge is 0.414 e. The van der Waals surface area contributed by atoms with Gasteiger partial charge in [0.15, 0.2) is 6.10 Å². The van der Waals surface area contributed by atoms with E-state index in [1.54, 1.807) is 12.1 Å². The summed E-state index contributed by atoms with van der Waals surface area (Å²) in [6.07, 6.45) is -7.06. The normalized spacial score (nSPS) is 13.4. The maximum absolute atomic E-state index is 12.2. The van der Waals surface area contributed by atoms with Crippen LogP contribution >= 0.6 is 0 Å². The SMILES string of the molecule is CCc1ccc(-c2noc(CC(O)C(F)(F)F)n2)cc1. The molecule has 2 aromatic rings. The molecule has 4 nitrogen and oxygen atoms in total. The molecule has 7 heteroatoms. The van der Waals surface area contributed by atoms with E-state index in [-0.39, 0.29) is 11.7 Å². The Bertz CT molecular complexity index is 564. The molecule has 0 saturated heterocycles. The van der Waals surface area contributed by atoms with Gasteiger partial charge in [0, 0.05) is 5.56 Å². The zero-order valence-electron chi connectivity index (χ0n) is 10.7. The highest BCUT2D eigenvalue weighted by Gasteiger charge is 2.39. The highest BCUT2D eigenvalue weighted by Crippen LogP contribution is 2.23. The van der Waals surface area contributed by atoms with Crippen LogP contribution in [-0.4, -0.2) is 27.5 Å². The molecule has 20 heavy (non-hydrogen) atoms. The third kappa shape index (κ3) is 3.36. The van der Waals surface area contributed by atoms with Gasteiger partial charge in [-0.1, -0.05) is 36.3 Å². The number of hydrogen-bond acceptors (Lipinski definition) is 4. The molecule has 1 heterocycles. The van der Waals surface area contributed by atoms with Crippen molar-refractivity contribution < 1.29 is 22.8 Å². The van der Waals surface area contributed by atoms with Crippen molar-refractivity contribution in [2.75, 3.05) is 0 Å². The molecule has 0 amide bonds. The number of halogens is 3. The van der Waals surface area contributed by atoms with Crippen LogP contribution in [0.2, 0.25) is 0 Å². The number of aliphatic hydroxyl groups is 1. The van der Waals surface area contributed by atoms with Crippen LogP contribution in [0.5, 0.6) is 0 Å². The van der Waals surface area contributed by atoms with Gasteiger partial charge in [-0.3, -0.25) is 0 Å². The smallest absolute Gasteiger partial charge is 0.383 e. The van der Waals surface area contributed by atoms with E-state index in [4.69, 9.17) is 9.63 Å². The molecule has 1 N–H and O–H groups in total. The third-order valence-corrected chi connectivity index (χ3v) is 2.83. The number of aromatic nitrogens is 2. The van der Waals surface area contributed by atoms with E-state index in [9.17, 15) is 13.2 Å². The van der Waals surface area contributed by atoms with Gasteiger partial charge in [0.2, 0.25) is 11.7 Å². The van der Waals surface area contributed by atoms with Crippen LogP contribution in [0.4, 0.5) is 13.2 Å². The zero-order valence-corrected chi connectivity index (χ0v) is 10.7. The van der Waals surface area contributed by atoms with Gasteiger partial charge in [-0.15, -0.1) is 0 Å². The van der Waals surface area contributed by atoms with E-state index in [0.29, 0.717) is 5.56 Å². The molecule has 0 bridgehead atoms. The van der Waals surface area contributed by atoms with Crippen LogP contribution in [0, 0.1) is 0 Å². The fourth-order valence-corrected chi connectivity index (χ4v) is 1.63. The number of rotatable bonds is 4. The first-order valence-electron chi connectivity index (χ1n) is 6.07. The fourth-order valence-electron chi connectivity index (χ4n) is 1.63. The van der Waals surface area contributed by atoms with E-state index in [1.165, 1.54) is 0 Å². The van der Waals surface area contributed by atoms with Crippen LogP contribution in [0.1, 0.15) is 18.4 Å². The zero-order chi connectivity index (χ0) is 14.8. The predicted molar refractivity (Wildman–Crippen MR) is 64.9 cm³/mol. The van der Waals surface area contributed by atoms with Crippen molar-refractivity contribution in [3.8, 4) is 11.4 Å². The van der Waals surface area contributed by atoms with E-state index in [1.807, 2.05) is 19.1 Å². The first-order valence-corrected chi connectivity index (χ1v) is 6.07. The van der Waals surface area contributed by atoms with E-state index in [0.717, 1.165) is 12.0 Å². The Morgan fingerprint density at radius 1 is 1.25 bits per heavy atom. The molecular formula is C13H13F3N2O2. The summed E-state index contributed by atoms with van der Waals surface area (Å²) < 4.78 is 41.3. The minimum atomic E-state index is -4.70. The Hall–Kier alpha value is -1.89. The number of aryl methyl sites for hydroxylation is 1. The van der Waals surface area contributed by atoms with Crippen molar-refractivity contribution in [3.63, 3.8) is 0 Å². The van der Waals surface area contributed by atoms with Gasteiger partial charge in [0.25, 0.3) is 0 Å². The van der Waals surface area contributed by atoms with Crippen LogP contribution in [0.3, 0.4) is 0 Å². The second-order valence-electron chi connectivity index (χ2n) is 4.32. The summed E-state index contributed by atoms with van der Waals surface area (Å²) >= 11 is 0. The van der Waals surface area contributed by atoms with Crippen molar-refractivity contribution in [2.24, 2.45) is 0 Å². The monoisotopic (exact) mass is 286 g/mol. The van der Waals surface area contributed by atoms with Gasteiger partial charge in [-0.2, -0.15) is 18.2 Å². The Kier molecular flexibility index (Phi) is 4.08. The lowest BCUT2D eigenvalue weighted by Gasteiger charge is -2.11. The summed E-state index contributed by atoms with van der Waals surface area (Å²) in [5.41, 5.74) is 1.78.